The van der Waals surface area contributed by atoms with E-state index in [4.69, 9.17) is 0 Å². The van der Waals surface area contributed by atoms with Crippen molar-refractivity contribution in [1.82, 2.24) is 4.31 Å². The van der Waals surface area contributed by atoms with Gasteiger partial charge in [-0.2, -0.15) is 0 Å². The minimum absolute atomic E-state index is 0.0692. The van der Waals surface area contributed by atoms with E-state index in [0.29, 0.717) is 18.5 Å². The molecule has 130 valence electrons. The van der Waals surface area contributed by atoms with Crippen LogP contribution in [0, 0.1) is 18.8 Å². The van der Waals surface area contributed by atoms with Crippen molar-refractivity contribution >= 4 is 15.8 Å². The van der Waals surface area contributed by atoms with E-state index in [1.165, 1.54) is 4.31 Å². The molecule has 0 aromatic heterocycles. The third-order valence-electron chi connectivity index (χ3n) is 5.02. The molecule has 0 amide bonds. The number of aliphatic hydroxyl groups is 1. The van der Waals surface area contributed by atoms with E-state index in [1.54, 1.807) is 24.3 Å². The van der Waals surface area contributed by atoms with Crippen LogP contribution in [0.2, 0.25) is 0 Å². The number of aryl methyl sites for hydroxylation is 1. The summed E-state index contributed by atoms with van der Waals surface area (Å²) >= 11 is 0. The quantitative estimate of drug-likeness (QED) is 0.905. The van der Waals surface area contributed by atoms with Gasteiger partial charge in [0.15, 0.2) is 5.78 Å². The zero-order chi connectivity index (χ0) is 17.6. The molecule has 6 heteroatoms. The summed E-state index contributed by atoms with van der Waals surface area (Å²) < 4.78 is 27.4. The first-order valence-corrected chi connectivity index (χ1v) is 9.69. The monoisotopic (exact) mass is 349 g/mol. The van der Waals surface area contributed by atoms with Crippen LogP contribution in [0.3, 0.4) is 0 Å². The van der Waals surface area contributed by atoms with Crippen molar-refractivity contribution in [2.45, 2.75) is 44.6 Å². The molecular formula is C18H23NO4S. The fourth-order valence-corrected chi connectivity index (χ4v) is 5.42. The van der Waals surface area contributed by atoms with Crippen LogP contribution in [-0.4, -0.2) is 36.3 Å². The van der Waals surface area contributed by atoms with Crippen LogP contribution in [-0.2, 0) is 14.8 Å². The lowest BCUT2D eigenvalue weighted by molar-refractivity contribution is -0.116. The maximum Gasteiger partial charge on any atom is 0.264 e. The van der Waals surface area contributed by atoms with Gasteiger partial charge in [0.2, 0.25) is 0 Å². The number of allylic oxidation sites excluding steroid dienone is 1. The van der Waals surface area contributed by atoms with Crippen molar-refractivity contribution in [3.05, 3.63) is 41.1 Å². The number of benzene rings is 1. The van der Waals surface area contributed by atoms with Crippen molar-refractivity contribution in [3.63, 3.8) is 0 Å². The Labute approximate surface area is 143 Å². The maximum atomic E-state index is 13.1. The van der Waals surface area contributed by atoms with Crippen LogP contribution in [0.5, 0.6) is 0 Å². The molecule has 1 heterocycles. The summed E-state index contributed by atoms with van der Waals surface area (Å²) in [5.41, 5.74) is 2.16. The Hall–Kier alpha value is -1.66. The third kappa shape index (κ3) is 2.58. The number of carbonyl (C=O) groups is 1. The first-order valence-electron chi connectivity index (χ1n) is 8.25. The molecule has 0 saturated carbocycles. The molecule has 2 atom stereocenters. The number of rotatable bonds is 4. The first-order chi connectivity index (χ1) is 11.3. The topological polar surface area (TPSA) is 74.7 Å². The molecule has 1 aliphatic carbocycles. The second-order valence-electron chi connectivity index (χ2n) is 7.01. The van der Waals surface area contributed by atoms with Crippen molar-refractivity contribution in [2.75, 3.05) is 6.61 Å². The van der Waals surface area contributed by atoms with Crippen LogP contribution in [0.25, 0.3) is 0 Å². The smallest absolute Gasteiger partial charge is 0.264 e. The van der Waals surface area contributed by atoms with E-state index in [-0.39, 0.29) is 29.1 Å². The fraction of sp³-hybridized carbons (Fsp3) is 0.500. The molecule has 0 saturated heterocycles. The number of hydrogen-bond acceptors (Lipinski definition) is 4. The molecule has 0 radical (unpaired) electrons. The lowest BCUT2D eigenvalue weighted by Crippen LogP contribution is -2.40. The van der Waals surface area contributed by atoms with Crippen molar-refractivity contribution in [3.8, 4) is 0 Å². The minimum Gasteiger partial charge on any atom is -0.394 e. The van der Waals surface area contributed by atoms with Crippen molar-refractivity contribution in [1.29, 1.82) is 0 Å². The first kappa shape index (κ1) is 17.2. The van der Waals surface area contributed by atoms with Gasteiger partial charge in [-0.05, 0) is 42.9 Å². The zero-order valence-corrected chi connectivity index (χ0v) is 15.0. The van der Waals surface area contributed by atoms with E-state index in [9.17, 15) is 18.3 Å². The van der Waals surface area contributed by atoms with Crippen LogP contribution in [0.1, 0.15) is 32.3 Å². The molecule has 5 nitrogen and oxygen atoms in total. The highest BCUT2D eigenvalue weighted by Gasteiger charge is 2.48. The largest absolute Gasteiger partial charge is 0.394 e. The molecule has 3 rings (SSSR count). The Balaban J connectivity index is 2.09. The van der Waals surface area contributed by atoms with E-state index in [0.717, 1.165) is 11.1 Å². The average Bonchev–Trinajstić information content (AvgIpc) is 3.05. The Morgan fingerprint density at radius 1 is 1.21 bits per heavy atom. The summed E-state index contributed by atoms with van der Waals surface area (Å²) in [5.74, 6) is 0.206. The Morgan fingerprint density at radius 3 is 2.38 bits per heavy atom. The molecule has 2 aliphatic rings. The standard InChI is InChI=1S/C18H23NO4S/c1-11(2)15-9-17(21)18-16(15)8-13(10-20)19(18)24(22,23)14-6-4-12(3)5-7-14/h4-7,11,13,15,20H,8-10H2,1-3H3/t13-,15-/m0/s1. The fourth-order valence-electron chi connectivity index (χ4n) is 3.72. The van der Waals surface area contributed by atoms with Gasteiger partial charge in [0, 0.05) is 6.42 Å². The normalized spacial score (nSPS) is 24.2. The van der Waals surface area contributed by atoms with Crippen LogP contribution >= 0.6 is 0 Å². The van der Waals surface area contributed by atoms with Crippen LogP contribution in [0.15, 0.2) is 40.4 Å². The zero-order valence-electron chi connectivity index (χ0n) is 14.2. The lowest BCUT2D eigenvalue weighted by Gasteiger charge is -2.27. The van der Waals surface area contributed by atoms with E-state index < -0.39 is 16.1 Å². The minimum atomic E-state index is -3.86. The van der Waals surface area contributed by atoms with Gasteiger partial charge in [-0.25, -0.2) is 8.42 Å². The second kappa shape index (κ2) is 6.01. The summed E-state index contributed by atoms with van der Waals surface area (Å²) in [5, 5.41) is 9.71. The number of nitrogens with zero attached hydrogens (tertiary/aromatic N) is 1. The number of ketones is 1. The highest BCUT2D eigenvalue weighted by Crippen LogP contribution is 2.46. The number of sulfonamides is 1. The van der Waals surface area contributed by atoms with Crippen molar-refractivity contribution < 1.29 is 18.3 Å². The average molecular weight is 349 g/mol. The van der Waals surface area contributed by atoms with Gasteiger partial charge in [0.25, 0.3) is 10.0 Å². The summed E-state index contributed by atoms with van der Waals surface area (Å²) in [6.45, 7) is 5.67. The van der Waals surface area contributed by atoms with Crippen LogP contribution < -0.4 is 0 Å². The number of Topliss-reactive ketones (excluding diaryl/α,β-unsaturated/α-hetero) is 1. The lowest BCUT2D eigenvalue weighted by atomic mass is 9.87. The van der Waals surface area contributed by atoms with Gasteiger partial charge in [-0.15, -0.1) is 0 Å². The van der Waals surface area contributed by atoms with Gasteiger partial charge in [0.05, 0.1) is 23.2 Å². The predicted octanol–water partition coefficient (Wildman–Crippen LogP) is 2.25. The van der Waals surface area contributed by atoms with Gasteiger partial charge >= 0.3 is 0 Å². The van der Waals surface area contributed by atoms with E-state index >= 15 is 0 Å². The summed E-state index contributed by atoms with van der Waals surface area (Å²) in [4.78, 5) is 12.7. The molecule has 0 spiro atoms. The summed E-state index contributed by atoms with van der Waals surface area (Å²) in [6.07, 6.45) is 0.798. The highest BCUT2D eigenvalue weighted by molar-refractivity contribution is 7.89. The Morgan fingerprint density at radius 2 is 1.83 bits per heavy atom. The molecule has 0 bridgehead atoms. The van der Waals surface area contributed by atoms with Gasteiger partial charge in [-0.1, -0.05) is 31.5 Å². The maximum absolute atomic E-state index is 13.1. The molecule has 1 aromatic rings. The predicted molar refractivity (Wildman–Crippen MR) is 90.7 cm³/mol. The Bertz CT molecular complexity index is 793. The molecule has 24 heavy (non-hydrogen) atoms. The Kier molecular flexibility index (Phi) is 4.30. The summed E-state index contributed by atoms with van der Waals surface area (Å²) in [7, 11) is -3.86. The summed E-state index contributed by atoms with van der Waals surface area (Å²) in [6, 6.07) is 5.99. The number of carbonyl (C=O) groups excluding carboxylic acids is 1. The molecule has 1 N–H and O–H groups in total. The number of aliphatic hydroxyl groups excluding tert-OH is 1. The van der Waals surface area contributed by atoms with Gasteiger partial charge in [-0.3, -0.25) is 9.10 Å². The molecule has 0 fully saturated rings. The SMILES string of the molecule is Cc1ccc(S(=O)(=O)N2C3=C(C[C@H]2CO)[C@H](C(C)C)CC3=O)cc1. The molecule has 0 unspecified atom stereocenters. The third-order valence-corrected chi connectivity index (χ3v) is 6.89. The molecule has 1 aliphatic heterocycles. The van der Waals surface area contributed by atoms with Crippen LogP contribution in [0.4, 0.5) is 0 Å². The van der Waals surface area contributed by atoms with Crippen molar-refractivity contribution in [2.24, 2.45) is 11.8 Å². The van der Waals surface area contributed by atoms with E-state index in [1.807, 2.05) is 20.8 Å². The second-order valence-corrected chi connectivity index (χ2v) is 8.82. The molecular weight excluding hydrogens is 326 g/mol. The number of hydrogen-bond donors (Lipinski definition) is 1. The van der Waals surface area contributed by atoms with E-state index in [2.05, 4.69) is 0 Å². The highest BCUT2D eigenvalue weighted by atomic mass is 32.2. The molecule has 1 aromatic carbocycles. The van der Waals surface area contributed by atoms with Gasteiger partial charge < -0.3 is 5.11 Å². The van der Waals surface area contributed by atoms with Gasteiger partial charge in [0.1, 0.15) is 0 Å².